The number of carboxylic acid groups (broad SMARTS) is 1. The van der Waals surface area contributed by atoms with Gasteiger partial charge in [0.15, 0.2) is 0 Å². The summed E-state index contributed by atoms with van der Waals surface area (Å²) in [6.45, 7) is 4.18. The van der Waals surface area contributed by atoms with E-state index in [0.29, 0.717) is 18.8 Å². The first kappa shape index (κ1) is 15.3. The summed E-state index contributed by atoms with van der Waals surface area (Å²) in [5, 5.41) is 12.0. The zero-order valence-corrected chi connectivity index (χ0v) is 11.6. The Morgan fingerprint density at radius 3 is 2.32 bits per heavy atom. The molecule has 0 aliphatic carbocycles. The fraction of sp³-hybridized carbons (Fsp3) is 0.500. The molecule has 1 rings (SSSR count). The maximum atomic E-state index is 11.0. The van der Waals surface area contributed by atoms with Gasteiger partial charge in [-0.15, -0.1) is 0 Å². The van der Waals surface area contributed by atoms with Gasteiger partial charge in [-0.05, 0) is 24.3 Å². The summed E-state index contributed by atoms with van der Waals surface area (Å²) in [5.41, 5.74) is 0. The Morgan fingerprint density at radius 2 is 1.84 bits per heavy atom. The Morgan fingerprint density at radius 1 is 1.26 bits per heavy atom. The molecule has 0 saturated carbocycles. The van der Waals surface area contributed by atoms with Crippen molar-refractivity contribution in [1.29, 1.82) is 0 Å². The van der Waals surface area contributed by atoms with Gasteiger partial charge in [-0.3, -0.25) is 4.79 Å². The molecule has 0 aliphatic rings. The van der Waals surface area contributed by atoms with Crippen molar-refractivity contribution in [2.45, 2.75) is 32.4 Å². The maximum absolute atomic E-state index is 11.0. The van der Waals surface area contributed by atoms with Gasteiger partial charge in [0.2, 0.25) is 0 Å². The molecule has 1 atom stereocenters. The number of hydrogen-bond donors (Lipinski definition) is 2. The van der Waals surface area contributed by atoms with Crippen LogP contribution < -0.4 is 14.8 Å². The Hall–Kier alpha value is -1.75. The Labute approximate surface area is 113 Å². The maximum Gasteiger partial charge on any atom is 0.320 e. The summed E-state index contributed by atoms with van der Waals surface area (Å²) in [6, 6.07) is 6.74. The molecule has 0 aromatic heterocycles. The Balaban J connectivity index is 2.40. The molecule has 19 heavy (non-hydrogen) atoms. The lowest BCUT2D eigenvalue weighted by molar-refractivity contribution is -0.140. The molecule has 2 N–H and O–H groups in total. The summed E-state index contributed by atoms with van der Waals surface area (Å²) >= 11 is 0. The quantitative estimate of drug-likeness (QED) is 0.753. The average molecular weight is 267 g/mol. The first-order chi connectivity index (χ1) is 9.02. The molecule has 106 valence electrons. The van der Waals surface area contributed by atoms with Crippen molar-refractivity contribution in [3.05, 3.63) is 24.3 Å². The minimum Gasteiger partial charge on any atom is -0.497 e. The summed E-state index contributed by atoms with van der Waals surface area (Å²) in [5.74, 6) is 0.610. The van der Waals surface area contributed by atoms with Gasteiger partial charge in [-0.2, -0.15) is 0 Å². The van der Waals surface area contributed by atoms with E-state index >= 15 is 0 Å². The third kappa shape index (κ3) is 5.61. The molecule has 0 bridgehead atoms. The van der Waals surface area contributed by atoms with E-state index < -0.39 is 12.0 Å². The van der Waals surface area contributed by atoms with Crippen molar-refractivity contribution >= 4 is 5.97 Å². The molecule has 0 heterocycles. The van der Waals surface area contributed by atoms with Gasteiger partial charge in [0.1, 0.15) is 17.5 Å². The minimum absolute atomic E-state index is 0.127. The lowest BCUT2D eigenvalue weighted by Gasteiger charge is -2.17. The number of aliphatic carboxylic acids is 1. The number of ether oxygens (including phenoxy) is 2. The van der Waals surface area contributed by atoms with Crippen LogP contribution >= 0.6 is 0 Å². The molecule has 1 unspecified atom stereocenters. The van der Waals surface area contributed by atoms with E-state index in [0.717, 1.165) is 5.75 Å². The zero-order valence-electron chi connectivity index (χ0n) is 11.6. The van der Waals surface area contributed by atoms with Crippen molar-refractivity contribution in [3.8, 4) is 11.5 Å². The van der Waals surface area contributed by atoms with Crippen molar-refractivity contribution in [2.24, 2.45) is 0 Å². The Kier molecular flexibility index (Phi) is 6.15. The summed E-state index contributed by atoms with van der Waals surface area (Å²) in [4.78, 5) is 11.0. The van der Waals surface area contributed by atoms with Crippen molar-refractivity contribution in [1.82, 2.24) is 5.32 Å². The molecule has 0 fully saturated rings. The molecular weight excluding hydrogens is 246 g/mol. The van der Waals surface area contributed by atoms with Crippen LogP contribution in [0.4, 0.5) is 0 Å². The molecule has 0 amide bonds. The summed E-state index contributed by atoms with van der Waals surface area (Å²) in [7, 11) is 1.60. The van der Waals surface area contributed by atoms with Crippen LogP contribution in [0.25, 0.3) is 0 Å². The smallest absolute Gasteiger partial charge is 0.320 e. The van der Waals surface area contributed by atoms with Gasteiger partial charge >= 0.3 is 5.97 Å². The topological polar surface area (TPSA) is 67.8 Å². The molecular formula is C14H21NO4. The standard InChI is InChI=1S/C14H21NO4/c1-10(2)15-13(14(16)17)8-9-19-12-6-4-11(18-3)5-7-12/h4-7,10,13,15H,8-9H2,1-3H3,(H,16,17). The lowest BCUT2D eigenvalue weighted by atomic mass is 10.2. The minimum atomic E-state index is -0.855. The van der Waals surface area contributed by atoms with Crippen molar-refractivity contribution in [2.75, 3.05) is 13.7 Å². The number of nitrogens with one attached hydrogen (secondary N) is 1. The van der Waals surface area contributed by atoms with Gasteiger partial charge in [0.25, 0.3) is 0 Å². The van der Waals surface area contributed by atoms with Crippen LogP contribution in [0.15, 0.2) is 24.3 Å². The van der Waals surface area contributed by atoms with E-state index in [1.807, 2.05) is 13.8 Å². The highest BCUT2D eigenvalue weighted by Crippen LogP contribution is 2.17. The predicted octanol–water partition coefficient (Wildman–Crippen LogP) is 1.92. The molecule has 0 spiro atoms. The highest BCUT2D eigenvalue weighted by Gasteiger charge is 2.17. The third-order valence-electron chi connectivity index (χ3n) is 2.57. The van der Waals surface area contributed by atoms with Crippen LogP contribution in [0.1, 0.15) is 20.3 Å². The monoisotopic (exact) mass is 267 g/mol. The third-order valence-corrected chi connectivity index (χ3v) is 2.57. The number of hydrogen-bond acceptors (Lipinski definition) is 4. The molecule has 5 nitrogen and oxygen atoms in total. The molecule has 5 heteroatoms. The van der Waals surface area contributed by atoms with Crippen LogP contribution in [-0.4, -0.2) is 36.9 Å². The van der Waals surface area contributed by atoms with E-state index in [4.69, 9.17) is 14.6 Å². The lowest BCUT2D eigenvalue weighted by Crippen LogP contribution is -2.41. The number of rotatable bonds is 8. The van der Waals surface area contributed by atoms with E-state index in [1.54, 1.807) is 31.4 Å². The fourth-order valence-corrected chi connectivity index (χ4v) is 1.65. The second-order valence-electron chi connectivity index (χ2n) is 4.52. The molecule has 0 saturated heterocycles. The van der Waals surface area contributed by atoms with E-state index in [-0.39, 0.29) is 6.04 Å². The van der Waals surface area contributed by atoms with Crippen LogP contribution in [0.2, 0.25) is 0 Å². The van der Waals surface area contributed by atoms with Crippen LogP contribution in [0.5, 0.6) is 11.5 Å². The fourth-order valence-electron chi connectivity index (χ4n) is 1.65. The number of benzene rings is 1. The van der Waals surface area contributed by atoms with E-state index in [1.165, 1.54) is 0 Å². The van der Waals surface area contributed by atoms with Crippen LogP contribution in [-0.2, 0) is 4.79 Å². The molecule has 0 radical (unpaired) electrons. The largest absolute Gasteiger partial charge is 0.497 e. The van der Waals surface area contributed by atoms with Gasteiger partial charge in [-0.1, -0.05) is 13.8 Å². The van der Waals surface area contributed by atoms with Gasteiger partial charge < -0.3 is 19.9 Å². The van der Waals surface area contributed by atoms with Gasteiger partial charge in [0, 0.05) is 12.5 Å². The van der Waals surface area contributed by atoms with Crippen LogP contribution in [0, 0.1) is 0 Å². The molecule has 0 aliphatic heterocycles. The van der Waals surface area contributed by atoms with Crippen LogP contribution in [0.3, 0.4) is 0 Å². The van der Waals surface area contributed by atoms with Gasteiger partial charge in [-0.25, -0.2) is 0 Å². The molecule has 1 aromatic carbocycles. The summed E-state index contributed by atoms with van der Waals surface area (Å²) in [6.07, 6.45) is 0.416. The highest BCUT2D eigenvalue weighted by atomic mass is 16.5. The first-order valence-corrected chi connectivity index (χ1v) is 6.28. The predicted molar refractivity (Wildman–Crippen MR) is 72.8 cm³/mol. The second kappa shape index (κ2) is 7.63. The number of carboxylic acids is 1. The number of methoxy groups -OCH3 is 1. The zero-order chi connectivity index (χ0) is 14.3. The molecule has 1 aromatic rings. The van der Waals surface area contributed by atoms with Gasteiger partial charge in [0.05, 0.1) is 13.7 Å². The van der Waals surface area contributed by atoms with Crippen molar-refractivity contribution < 1.29 is 19.4 Å². The van der Waals surface area contributed by atoms with E-state index in [9.17, 15) is 4.79 Å². The van der Waals surface area contributed by atoms with E-state index in [2.05, 4.69) is 5.32 Å². The Bertz CT molecular complexity index is 389. The summed E-state index contributed by atoms with van der Waals surface area (Å²) < 4.78 is 10.6. The normalized spacial score (nSPS) is 12.2. The highest BCUT2D eigenvalue weighted by molar-refractivity contribution is 5.73. The first-order valence-electron chi connectivity index (χ1n) is 6.28. The number of carbonyl (C=O) groups is 1. The van der Waals surface area contributed by atoms with Crippen molar-refractivity contribution in [3.63, 3.8) is 0 Å². The average Bonchev–Trinajstić information content (AvgIpc) is 2.37. The second-order valence-corrected chi connectivity index (χ2v) is 4.52. The SMILES string of the molecule is COc1ccc(OCCC(NC(C)C)C(=O)O)cc1.